The van der Waals surface area contributed by atoms with Gasteiger partial charge in [0.25, 0.3) is 0 Å². The number of nitrogens with two attached hydrogens (primary N) is 1. The van der Waals surface area contributed by atoms with Gasteiger partial charge in [-0.2, -0.15) is 11.8 Å². The van der Waals surface area contributed by atoms with Crippen LogP contribution in [0.2, 0.25) is 0 Å². The summed E-state index contributed by atoms with van der Waals surface area (Å²) in [5.41, 5.74) is 7.45. The molecule has 1 fully saturated rings. The summed E-state index contributed by atoms with van der Waals surface area (Å²) in [6.45, 7) is 2.28. The van der Waals surface area contributed by atoms with Crippen LogP contribution in [0.4, 0.5) is 0 Å². The number of ether oxygens (including phenoxy) is 1. The van der Waals surface area contributed by atoms with Gasteiger partial charge < -0.3 is 10.5 Å². The molecule has 2 heterocycles. The van der Waals surface area contributed by atoms with Crippen molar-refractivity contribution in [3.8, 4) is 5.75 Å². The highest BCUT2D eigenvalue weighted by atomic mass is 79.9. The standard InChI is InChI=1S/C14H18BrNOS/c1-9-14(5-2-6-18-9)8-12(16)11-4-3-10(15)7-13(11)17-14/h3-4,7,9,12H,2,5-6,8,16H2,1H3. The first kappa shape index (κ1) is 12.8. The molecule has 18 heavy (non-hydrogen) atoms. The van der Waals surface area contributed by atoms with Crippen molar-refractivity contribution in [1.29, 1.82) is 0 Å². The predicted molar refractivity (Wildman–Crippen MR) is 80.2 cm³/mol. The Labute approximate surface area is 121 Å². The van der Waals surface area contributed by atoms with Crippen LogP contribution < -0.4 is 10.5 Å². The summed E-state index contributed by atoms with van der Waals surface area (Å²) >= 11 is 5.52. The SMILES string of the molecule is CC1SCCCC12CC(N)c1ccc(Br)cc1O2. The van der Waals surface area contributed by atoms with E-state index in [1.807, 2.05) is 17.8 Å². The number of fused-ring (bicyclic) bond motifs is 1. The minimum atomic E-state index is -0.0594. The summed E-state index contributed by atoms with van der Waals surface area (Å²) in [7, 11) is 0. The van der Waals surface area contributed by atoms with E-state index in [0.29, 0.717) is 5.25 Å². The second kappa shape index (κ2) is 4.73. The van der Waals surface area contributed by atoms with Crippen molar-refractivity contribution < 1.29 is 4.74 Å². The fourth-order valence-corrected chi connectivity index (χ4v) is 4.61. The highest BCUT2D eigenvalue weighted by molar-refractivity contribution is 9.10. The lowest BCUT2D eigenvalue weighted by Crippen LogP contribution is -2.51. The maximum Gasteiger partial charge on any atom is 0.126 e. The average Bonchev–Trinajstić information content (AvgIpc) is 2.32. The molecule has 2 N–H and O–H groups in total. The van der Waals surface area contributed by atoms with E-state index in [1.165, 1.54) is 12.2 Å². The monoisotopic (exact) mass is 327 g/mol. The zero-order valence-electron chi connectivity index (χ0n) is 10.5. The van der Waals surface area contributed by atoms with E-state index in [9.17, 15) is 0 Å². The molecule has 3 rings (SSSR count). The number of rotatable bonds is 0. The molecule has 3 unspecified atom stereocenters. The molecule has 1 aromatic rings. The van der Waals surface area contributed by atoms with Gasteiger partial charge in [0.15, 0.2) is 0 Å². The molecule has 0 saturated carbocycles. The van der Waals surface area contributed by atoms with Crippen molar-refractivity contribution in [3.05, 3.63) is 28.2 Å². The molecule has 98 valence electrons. The fraction of sp³-hybridized carbons (Fsp3) is 0.571. The summed E-state index contributed by atoms with van der Waals surface area (Å²) < 4.78 is 7.45. The lowest BCUT2D eigenvalue weighted by atomic mass is 9.82. The van der Waals surface area contributed by atoms with Gasteiger partial charge in [-0.25, -0.2) is 0 Å². The Morgan fingerprint density at radius 2 is 2.33 bits per heavy atom. The molecule has 4 heteroatoms. The van der Waals surface area contributed by atoms with Crippen LogP contribution in [0.5, 0.6) is 5.75 Å². The number of thioether (sulfide) groups is 1. The molecule has 3 atom stereocenters. The van der Waals surface area contributed by atoms with Gasteiger partial charge in [0, 0.05) is 27.7 Å². The summed E-state index contributed by atoms with van der Waals surface area (Å²) in [5, 5.41) is 0.518. The van der Waals surface area contributed by atoms with Gasteiger partial charge in [-0.15, -0.1) is 0 Å². The Morgan fingerprint density at radius 3 is 3.11 bits per heavy atom. The van der Waals surface area contributed by atoms with Crippen molar-refractivity contribution in [1.82, 2.24) is 0 Å². The molecule has 2 nitrogen and oxygen atoms in total. The second-order valence-corrected chi connectivity index (χ2v) is 7.64. The molecule has 0 bridgehead atoms. The maximum absolute atomic E-state index is 6.39. The van der Waals surface area contributed by atoms with Crippen LogP contribution in [0.25, 0.3) is 0 Å². The van der Waals surface area contributed by atoms with Crippen LogP contribution in [-0.2, 0) is 0 Å². The molecule has 2 aliphatic heterocycles. The Kier molecular flexibility index (Phi) is 3.37. The summed E-state index contributed by atoms with van der Waals surface area (Å²) in [5.74, 6) is 2.21. The van der Waals surface area contributed by atoms with E-state index in [-0.39, 0.29) is 11.6 Å². The first-order chi connectivity index (χ1) is 8.61. The van der Waals surface area contributed by atoms with Gasteiger partial charge in [-0.3, -0.25) is 0 Å². The molecule has 0 aliphatic carbocycles. The van der Waals surface area contributed by atoms with E-state index < -0.39 is 0 Å². The lowest BCUT2D eigenvalue weighted by Gasteiger charge is -2.47. The van der Waals surface area contributed by atoms with Crippen molar-refractivity contribution in [2.45, 2.75) is 43.1 Å². The van der Waals surface area contributed by atoms with Gasteiger partial charge >= 0.3 is 0 Å². The minimum Gasteiger partial charge on any atom is -0.486 e. The van der Waals surface area contributed by atoms with E-state index in [0.717, 1.165) is 28.6 Å². The van der Waals surface area contributed by atoms with E-state index in [2.05, 4.69) is 35.0 Å². The third-order valence-corrected chi connectivity index (χ3v) is 6.05. The van der Waals surface area contributed by atoms with Crippen molar-refractivity contribution in [2.24, 2.45) is 5.73 Å². The van der Waals surface area contributed by atoms with Crippen LogP contribution in [0, 0.1) is 0 Å². The highest BCUT2D eigenvalue weighted by Crippen LogP contribution is 2.48. The van der Waals surface area contributed by atoms with E-state index >= 15 is 0 Å². The molecule has 2 aliphatic rings. The van der Waals surface area contributed by atoms with Crippen molar-refractivity contribution in [3.63, 3.8) is 0 Å². The predicted octanol–water partition coefficient (Wildman–Crippen LogP) is 3.89. The largest absolute Gasteiger partial charge is 0.486 e. The number of hydrogen-bond donors (Lipinski definition) is 1. The molecule has 1 saturated heterocycles. The molecule has 0 amide bonds. The normalized spacial score (nSPS) is 35.1. The van der Waals surface area contributed by atoms with Crippen LogP contribution in [0.1, 0.15) is 37.8 Å². The maximum atomic E-state index is 6.39. The average molecular weight is 328 g/mol. The van der Waals surface area contributed by atoms with Crippen molar-refractivity contribution >= 4 is 27.7 Å². The first-order valence-corrected chi connectivity index (χ1v) is 8.30. The highest BCUT2D eigenvalue weighted by Gasteiger charge is 2.45. The summed E-state index contributed by atoms with van der Waals surface area (Å²) in [6, 6.07) is 6.28. The van der Waals surface area contributed by atoms with Gasteiger partial charge in [-0.05, 0) is 37.7 Å². The van der Waals surface area contributed by atoms with Crippen LogP contribution in [-0.4, -0.2) is 16.6 Å². The van der Waals surface area contributed by atoms with Gasteiger partial charge in [0.05, 0.1) is 0 Å². The quantitative estimate of drug-likeness (QED) is 0.785. The lowest BCUT2D eigenvalue weighted by molar-refractivity contribution is 0.0255. The van der Waals surface area contributed by atoms with E-state index in [1.54, 1.807) is 0 Å². The Hall–Kier alpha value is -0.190. The Morgan fingerprint density at radius 1 is 1.50 bits per heavy atom. The zero-order valence-corrected chi connectivity index (χ0v) is 12.9. The molecule has 0 aromatic heterocycles. The molecule has 1 spiro atoms. The topological polar surface area (TPSA) is 35.2 Å². The van der Waals surface area contributed by atoms with Gasteiger partial charge in [0.1, 0.15) is 11.4 Å². The minimum absolute atomic E-state index is 0.0594. The molecular weight excluding hydrogens is 310 g/mol. The number of benzene rings is 1. The third-order valence-electron chi connectivity index (χ3n) is 4.11. The van der Waals surface area contributed by atoms with Crippen LogP contribution in [0.15, 0.2) is 22.7 Å². The second-order valence-electron chi connectivity index (χ2n) is 5.28. The molecule has 1 aromatic carbocycles. The Balaban J connectivity index is 1.99. The third kappa shape index (κ3) is 2.08. The first-order valence-electron chi connectivity index (χ1n) is 6.46. The Bertz CT molecular complexity index is 467. The van der Waals surface area contributed by atoms with Crippen LogP contribution in [0.3, 0.4) is 0 Å². The molecule has 0 radical (unpaired) electrons. The summed E-state index contributed by atoms with van der Waals surface area (Å²) in [6.07, 6.45) is 3.29. The fourth-order valence-electron chi connectivity index (χ4n) is 3.03. The van der Waals surface area contributed by atoms with Gasteiger partial charge in [0.2, 0.25) is 0 Å². The summed E-state index contributed by atoms with van der Waals surface area (Å²) in [4.78, 5) is 0. The van der Waals surface area contributed by atoms with Crippen molar-refractivity contribution in [2.75, 3.05) is 5.75 Å². The number of halogens is 1. The van der Waals surface area contributed by atoms with Gasteiger partial charge in [-0.1, -0.05) is 22.0 Å². The van der Waals surface area contributed by atoms with Crippen LogP contribution >= 0.6 is 27.7 Å². The molecular formula is C14H18BrNOS. The van der Waals surface area contributed by atoms with E-state index in [4.69, 9.17) is 10.5 Å². The zero-order chi connectivity index (χ0) is 12.8. The number of hydrogen-bond acceptors (Lipinski definition) is 3. The smallest absolute Gasteiger partial charge is 0.126 e.